The van der Waals surface area contributed by atoms with Gasteiger partial charge in [0, 0.05) is 0 Å². The van der Waals surface area contributed by atoms with E-state index in [-0.39, 0.29) is 0 Å². The highest BCUT2D eigenvalue weighted by Crippen LogP contribution is 2.15. The first-order valence-electron chi connectivity index (χ1n) is 5.80. The third-order valence-corrected chi connectivity index (χ3v) is 2.74. The van der Waals surface area contributed by atoms with Crippen molar-refractivity contribution in [2.24, 2.45) is 5.92 Å². The molecule has 1 aliphatic heterocycles. The zero-order valence-electron chi connectivity index (χ0n) is 9.95. The molecule has 0 bridgehead atoms. The summed E-state index contributed by atoms with van der Waals surface area (Å²) < 4.78 is 0. The van der Waals surface area contributed by atoms with Crippen LogP contribution in [0.5, 0.6) is 0 Å². The van der Waals surface area contributed by atoms with E-state index in [4.69, 9.17) is 0 Å². The monoisotopic (exact) mass is 202 g/mol. The second-order valence-corrected chi connectivity index (χ2v) is 4.27. The number of nitrogens with zero attached hydrogens (tertiary/aromatic N) is 1. The van der Waals surface area contributed by atoms with E-state index in [1.54, 1.807) is 0 Å². The smallest absolute Gasteiger partial charge is 0.247 e. The Hall–Kier alpha value is -0.755. The van der Waals surface area contributed by atoms with E-state index in [1.807, 2.05) is 19.1 Å². The molecule has 81 valence electrons. The summed E-state index contributed by atoms with van der Waals surface area (Å²) in [5, 5.41) is 0. The minimum Gasteiger partial charge on any atom is -0.342 e. The van der Waals surface area contributed by atoms with Gasteiger partial charge >= 0.3 is 0 Å². The Balaban J connectivity index is 2.47. The molecular formula is C13H21BN. The van der Waals surface area contributed by atoms with Crippen molar-refractivity contribution in [3.05, 3.63) is 36.4 Å². The minimum atomic E-state index is 0.822. The van der Waals surface area contributed by atoms with Crippen molar-refractivity contribution in [3.63, 3.8) is 0 Å². The molecule has 0 spiro atoms. The summed E-state index contributed by atoms with van der Waals surface area (Å²) in [6.07, 6.45) is 10.8. The molecule has 15 heavy (non-hydrogen) atoms. The molecule has 0 aromatic carbocycles. The van der Waals surface area contributed by atoms with Gasteiger partial charge in [-0.05, 0) is 38.8 Å². The van der Waals surface area contributed by atoms with E-state index in [0.717, 1.165) is 5.92 Å². The number of allylic oxidation sites excluding steroid dienone is 5. The predicted molar refractivity (Wildman–Crippen MR) is 68.8 cm³/mol. The molecule has 2 heteroatoms. The van der Waals surface area contributed by atoms with Crippen LogP contribution in [0.25, 0.3) is 0 Å². The van der Waals surface area contributed by atoms with Crippen molar-refractivity contribution in [2.75, 3.05) is 13.1 Å². The maximum atomic E-state index is 3.84. The Bertz CT molecular complexity index is 255. The van der Waals surface area contributed by atoms with Crippen molar-refractivity contribution in [1.82, 2.24) is 4.81 Å². The lowest BCUT2D eigenvalue weighted by Gasteiger charge is -2.30. The summed E-state index contributed by atoms with van der Waals surface area (Å²) in [4.78, 5) is 2.41. The van der Waals surface area contributed by atoms with Crippen molar-refractivity contribution < 1.29 is 0 Å². The van der Waals surface area contributed by atoms with Crippen LogP contribution in [0.15, 0.2) is 36.4 Å². The highest BCUT2D eigenvalue weighted by molar-refractivity contribution is 6.43. The maximum absolute atomic E-state index is 3.84. The molecule has 0 saturated carbocycles. The zero-order chi connectivity index (χ0) is 11.1. The fraction of sp³-hybridized carbons (Fsp3) is 0.538. The van der Waals surface area contributed by atoms with Crippen LogP contribution in [-0.2, 0) is 0 Å². The first-order valence-corrected chi connectivity index (χ1v) is 5.80. The van der Waals surface area contributed by atoms with E-state index in [2.05, 4.69) is 37.9 Å². The van der Waals surface area contributed by atoms with Gasteiger partial charge in [0.1, 0.15) is 0 Å². The Morgan fingerprint density at radius 2 is 2.33 bits per heavy atom. The maximum Gasteiger partial charge on any atom is 0.247 e. The molecule has 1 aliphatic rings. The number of hydrogen-bond donors (Lipinski definition) is 0. The summed E-state index contributed by atoms with van der Waals surface area (Å²) in [6.45, 7) is 10.6. The van der Waals surface area contributed by atoms with Crippen LogP contribution < -0.4 is 0 Å². The van der Waals surface area contributed by atoms with Crippen LogP contribution in [0.4, 0.5) is 0 Å². The number of rotatable bonds is 4. The second kappa shape index (κ2) is 6.68. The fourth-order valence-corrected chi connectivity index (χ4v) is 1.92. The standard InChI is InChI=1S/C13H21BN/c1-4-6-9-13(5-2)14-15-10-7-8-12(3)11-15/h4-6,9,12H,2,7-8,10-11H2,1,3H3/b6-4-,13-9+. The summed E-state index contributed by atoms with van der Waals surface area (Å²) in [6, 6.07) is 0. The number of hydrogen-bond acceptors (Lipinski definition) is 1. The van der Waals surface area contributed by atoms with Gasteiger partial charge in [-0.15, -0.1) is 0 Å². The first-order chi connectivity index (χ1) is 7.26. The van der Waals surface area contributed by atoms with Crippen molar-refractivity contribution in [1.29, 1.82) is 0 Å². The molecule has 0 aromatic rings. The molecule has 1 radical (unpaired) electrons. The number of piperidine rings is 1. The van der Waals surface area contributed by atoms with Crippen molar-refractivity contribution in [3.8, 4) is 0 Å². The van der Waals surface area contributed by atoms with Crippen molar-refractivity contribution >= 4 is 7.41 Å². The Morgan fingerprint density at radius 3 is 2.93 bits per heavy atom. The van der Waals surface area contributed by atoms with Crippen LogP contribution >= 0.6 is 0 Å². The molecule has 1 rings (SSSR count). The van der Waals surface area contributed by atoms with E-state index in [0.29, 0.717) is 0 Å². The molecular weight excluding hydrogens is 181 g/mol. The SMILES string of the molecule is C=C/C([B]N1CCCC(C)C1)=C\C=C/C. The average Bonchev–Trinajstić information content (AvgIpc) is 2.24. The topological polar surface area (TPSA) is 3.24 Å². The van der Waals surface area contributed by atoms with Gasteiger partial charge in [0.2, 0.25) is 7.41 Å². The van der Waals surface area contributed by atoms with Gasteiger partial charge in [0.25, 0.3) is 0 Å². The largest absolute Gasteiger partial charge is 0.342 e. The van der Waals surface area contributed by atoms with Crippen LogP contribution in [0, 0.1) is 5.92 Å². The lowest BCUT2D eigenvalue weighted by Crippen LogP contribution is -2.37. The van der Waals surface area contributed by atoms with E-state index in [1.165, 1.54) is 31.4 Å². The van der Waals surface area contributed by atoms with Crippen LogP contribution in [0.3, 0.4) is 0 Å². The molecule has 1 unspecified atom stereocenters. The molecule has 0 amide bonds. The van der Waals surface area contributed by atoms with Crippen LogP contribution in [0.1, 0.15) is 26.7 Å². The third-order valence-electron chi connectivity index (χ3n) is 2.74. The molecule has 0 aliphatic carbocycles. The van der Waals surface area contributed by atoms with Crippen LogP contribution in [-0.4, -0.2) is 25.3 Å². The summed E-state index contributed by atoms with van der Waals surface area (Å²) >= 11 is 0. The average molecular weight is 202 g/mol. The van der Waals surface area contributed by atoms with Gasteiger partial charge in [-0.2, -0.15) is 0 Å². The normalized spacial score (nSPS) is 24.4. The van der Waals surface area contributed by atoms with Crippen LogP contribution in [0.2, 0.25) is 0 Å². The first kappa shape index (κ1) is 12.3. The van der Waals surface area contributed by atoms with E-state index < -0.39 is 0 Å². The molecule has 1 heterocycles. The van der Waals surface area contributed by atoms with Gasteiger partial charge in [-0.1, -0.05) is 43.3 Å². The minimum absolute atomic E-state index is 0.822. The molecule has 1 saturated heterocycles. The van der Waals surface area contributed by atoms with Gasteiger partial charge in [-0.25, -0.2) is 0 Å². The summed E-state index contributed by atoms with van der Waals surface area (Å²) in [7, 11) is 2.22. The second-order valence-electron chi connectivity index (χ2n) is 4.27. The Labute approximate surface area is 94.8 Å². The Morgan fingerprint density at radius 1 is 1.53 bits per heavy atom. The molecule has 1 atom stereocenters. The van der Waals surface area contributed by atoms with E-state index >= 15 is 0 Å². The fourth-order valence-electron chi connectivity index (χ4n) is 1.92. The highest BCUT2D eigenvalue weighted by Gasteiger charge is 2.16. The van der Waals surface area contributed by atoms with Gasteiger partial charge in [0.15, 0.2) is 0 Å². The summed E-state index contributed by atoms with van der Waals surface area (Å²) in [5.74, 6) is 0.822. The van der Waals surface area contributed by atoms with Gasteiger partial charge in [0.05, 0.1) is 0 Å². The lowest BCUT2D eigenvalue weighted by molar-refractivity contribution is 0.288. The van der Waals surface area contributed by atoms with Gasteiger partial charge in [-0.3, -0.25) is 0 Å². The molecule has 0 N–H and O–H groups in total. The zero-order valence-corrected chi connectivity index (χ0v) is 9.95. The van der Waals surface area contributed by atoms with Gasteiger partial charge < -0.3 is 4.81 Å². The molecule has 0 aromatic heterocycles. The van der Waals surface area contributed by atoms with E-state index in [9.17, 15) is 0 Å². The third kappa shape index (κ3) is 4.52. The summed E-state index contributed by atoms with van der Waals surface area (Å²) in [5.41, 5.74) is 1.20. The Kier molecular flexibility index (Phi) is 5.48. The van der Waals surface area contributed by atoms with Crippen molar-refractivity contribution in [2.45, 2.75) is 26.7 Å². The lowest BCUT2D eigenvalue weighted by atomic mass is 9.77. The highest BCUT2D eigenvalue weighted by atomic mass is 15.0. The molecule has 1 fully saturated rings. The quantitative estimate of drug-likeness (QED) is 0.500. The molecule has 1 nitrogen and oxygen atoms in total. The predicted octanol–water partition coefficient (Wildman–Crippen LogP) is 2.98.